The first-order valence-corrected chi connectivity index (χ1v) is 7.31. The van der Waals surface area contributed by atoms with E-state index in [9.17, 15) is 4.79 Å². The van der Waals surface area contributed by atoms with Crippen molar-refractivity contribution < 1.29 is 4.79 Å². The Labute approximate surface area is 129 Å². The molecular weight excluding hydrogens is 294 g/mol. The van der Waals surface area contributed by atoms with Crippen molar-refractivity contribution in [2.45, 2.75) is 19.8 Å². The molecule has 6 heteroatoms. The Kier molecular flexibility index (Phi) is 4.50. The highest BCUT2D eigenvalue weighted by Gasteiger charge is 2.34. The fourth-order valence-electron chi connectivity index (χ4n) is 2.22. The smallest absolute Gasteiger partial charge is 0.321 e. The van der Waals surface area contributed by atoms with E-state index in [1.807, 2.05) is 6.07 Å². The van der Waals surface area contributed by atoms with Gasteiger partial charge in [0.15, 0.2) is 0 Å². The summed E-state index contributed by atoms with van der Waals surface area (Å²) in [5.74, 6) is 0. The topological polar surface area (TPSA) is 58.4 Å². The van der Waals surface area contributed by atoms with E-state index in [1.165, 1.54) is 0 Å². The van der Waals surface area contributed by atoms with E-state index in [4.69, 9.17) is 29.6 Å². The summed E-state index contributed by atoms with van der Waals surface area (Å²) in [6.07, 6.45) is 1.59. The van der Waals surface area contributed by atoms with Crippen LogP contribution in [-0.2, 0) is 0 Å². The number of amides is 2. The van der Waals surface area contributed by atoms with Gasteiger partial charge in [-0.05, 0) is 31.0 Å². The molecule has 0 radical (unpaired) electrons. The van der Waals surface area contributed by atoms with E-state index in [2.05, 4.69) is 12.2 Å². The summed E-state index contributed by atoms with van der Waals surface area (Å²) < 4.78 is 0. The number of carbonyl (C=O) groups is 1. The molecule has 0 spiro atoms. The highest BCUT2D eigenvalue weighted by molar-refractivity contribution is 7.80. The number of piperidine rings is 1. The molecule has 0 atom stereocenters. The Hall–Kier alpha value is -1.33. The third-order valence-electron chi connectivity index (χ3n) is 3.82. The lowest BCUT2D eigenvalue weighted by Gasteiger charge is -2.38. The van der Waals surface area contributed by atoms with Crippen LogP contribution in [0.15, 0.2) is 24.3 Å². The van der Waals surface area contributed by atoms with Gasteiger partial charge >= 0.3 is 6.03 Å². The molecule has 0 bridgehead atoms. The van der Waals surface area contributed by atoms with Gasteiger partial charge in [0.2, 0.25) is 0 Å². The van der Waals surface area contributed by atoms with Crippen LogP contribution in [0, 0.1) is 5.41 Å². The molecular formula is C14H18ClN3OS. The quantitative estimate of drug-likeness (QED) is 0.824. The molecule has 0 unspecified atom stereocenters. The first kappa shape index (κ1) is 15.1. The van der Waals surface area contributed by atoms with Crippen molar-refractivity contribution in [3.63, 3.8) is 0 Å². The van der Waals surface area contributed by atoms with E-state index in [0.717, 1.165) is 12.8 Å². The second-order valence-corrected chi connectivity index (χ2v) is 6.23. The Balaban J connectivity index is 1.94. The Morgan fingerprint density at radius 3 is 2.65 bits per heavy atom. The number of nitrogens with one attached hydrogen (secondary N) is 1. The zero-order valence-corrected chi connectivity index (χ0v) is 12.9. The fraction of sp³-hybridized carbons (Fsp3) is 0.429. The van der Waals surface area contributed by atoms with Crippen LogP contribution in [0.2, 0.25) is 5.02 Å². The lowest BCUT2D eigenvalue weighted by molar-refractivity contribution is 0.171. The molecule has 2 rings (SSSR count). The van der Waals surface area contributed by atoms with E-state index in [1.54, 1.807) is 23.1 Å². The third kappa shape index (κ3) is 3.41. The number of urea groups is 1. The minimum absolute atomic E-state index is 0.114. The van der Waals surface area contributed by atoms with Gasteiger partial charge in [0.25, 0.3) is 0 Å². The first-order valence-electron chi connectivity index (χ1n) is 6.52. The minimum atomic E-state index is -0.137. The van der Waals surface area contributed by atoms with Gasteiger partial charge in [-0.15, -0.1) is 0 Å². The molecule has 0 aliphatic carbocycles. The Morgan fingerprint density at radius 1 is 1.45 bits per heavy atom. The second-order valence-electron chi connectivity index (χ2n) is 5.35. The number of hydrogen-bond donors (Lipinski definition) is 2. The van der Waals surface area contributed by atoms with Gasteiger partial charge in [0.05, 0.1) is 4.99 Å². The summed E-state index contributed by atoms with van der Waals surface area (Å²) in [5, 5.41) is 3.45. The number of thiocarbonyl (C=S) groups is 1. The van der Waals surface area contributed by atoms with Crippen molar-refractivity contribution in [1.29, 1.82) is 0 Å². The average molecular weight is 312 g/mol. The molecule has 1 fully saturated rings. The zero-order chi connectivity index (χ0) is 14.8. The molecule has 3 N–H and O–H groups in total. The molecule has 1 aromatic carbocycles. The summed E-state index contributed by atoms with van der Waals surface area (Å²) >= 11 is 11.0. The van der Waals surface area contributed by atoms with Gasteiger partial charge in [-0.2, -0.15) is 0 Å². The van der Waals surface area contributed by atoms with Crippen LogP contribution in [0.1, 0.15) is 19.8 Å². The van der Waals surface area contributed by atoms with E-state index in [-0.39, 0.29) is 11.4 Å². The number of benzene rings is 1. The largest absolute Gasteiger partial charge is 0.393 e. The second kappa shape index (κ2) is 5.97. The Morgan fingerprint density at radius 2 is 2.10 bits per heavy atom. The van der Waals surface area contributed by atoms with Crippen LogP contribution >= 0.6 is 23.8 Å². The van der Waals surface area contributed by atoms with Gasteiger partial charge in [-0.1, -0.05) is 36.8 Å². The van der Waals surface area contributed by atoms with Crippen LogP contribution in [0.5, 0.6) is 0 Å². The maximum atomic E-state index is 12.2. The molecule has 4 nitrogen and oxygen atoms in total. The zero-order valence-electron chi connectivity index (χ0n) is 11.4. The molecule has 0 saturated carbocycles. The van der Waals surface area contributed by atoms with E-state index < -0.39 is 0 Å². The normalized spacial score (nSPS) is 17.6. The van der Waals surface area contributed by atoms with Gasteiger partial charge in [0.1, 0.15) is 0 Å². The van der Waals surface area contributed by atoms with E-state index in [0.29, 0.717) is 28.8 Å². The lowest BCUT2D eigenvalue weighted by Crippen LogP contribution is -2.47. The molecule has 1 heterocycles. The highest BCUT2D eigenvalue weighted by Crippen LogP contribution is 2.31. The molecule has 1 aromatic rings. The summed E-state index contributed by atoms with van der Waals surface area (Å²) in [6, 6.07) is 7.00. The molecule has 20 heavy (non-hydrogen) atoms. The Bertz CT molecular complexity index is 527. The average Bonchev–Trinajstić information content (AvgIpc) is 2.39. The van der Waals surface area contributed by atoms with E-state index >= 15 is 0 Å². The van der Waals surface area contributed by atoms with Gasteiger partial charge in [-0.3, -0.25) is 0 Å². The van der Waals surface area contributed by atoms with Crippen LogP contribution in [0.3, 0.4) is 0 Å². The van der Waals surface area contributed by atoms with Gasteiger partial charge in [-0.25, -0.2) is 4.79 Å². The number of nitrogens with zero attached hydrogens (tertiary/aromatic N) is 1. The van der Waals surface area contributed by atoms with Crippen LogP contribution in [0.25, 0.3) is 0 Å². The summed E-state index contributed by atoms with van der Waals surface area (Å²) in [7, 11) is 0. The standard InChI is InChI=1S/C14H18ClN3OS/c1-14(12(16)20)5-7-18(8-6-14)13(19)17-11-4-2-3-10(15)9-11/h2-4,9H,5-8H2,1H3,(H2,16,20)(H,17,19). The van der Waals surface area contributed by atoms with Crippen molar-refractivity contribution in [2.24, 2.45) is 11.1 Å². The predicted octanol–water partition coefficient (Wildman–Crippen LogP) is 3.26. The molecule has 1 aliphatic rings. The number of halogens is 1. The summed E-state index contributed by atoms with van der Waals surface area (Å²) in [5.41, 5.74) is 6.32. The van der Waals surface area contributed by atoms with Crippen molar-refractivity contribution in [3.05, 3.63) is 29.3 Å². The van der Waals surface area contributed by atoms with Gasteiger partial charge < -0.3 is 16.0 Å². The lowest BCUT2D eigenvalue weighted by atomic mass is 9.80. The molecule has 0 aromatic heterocycles. The molecule has 1 saturated heterocycles. The van der Waals surface area contributed by atoms with Gasteiger partial charge in [0, 0.05) is 29.2 Å². The summed E-state index contributed by atoms with van der Waals surface area (Å²) in [4.78, 5) is 14.5. The predicted molar refractivity (Wildman–Crippen MR) is 86.2 cm³/mol. The number of hydrogen-bond acceptors (Lipinski definition) is 2. The van der Waals surface area contributed by atoms with Crippen molar-refractivity contribution in [3.8, 4) is 0 Å². The highest BCUT2D eigenvalue weighted by atomic mass is 35.5. The van der Waals surface area contributed by atoms with Crippen LogP contribution in [0.4, 0.5) is 10.5 Å². The number of nitrogens with two attached hydrogens (primary N) is 1. The summed E-state index contributed by atoms with van der Waals surface area (Å²) in [6.45, 7) is 3.36. The van der Waals surface area contributed by atoms with Crippen molar-refractivity contribution in [1.82, 2.24) is 4.90 Å². The third-order valence-corrected chi connectivity index (χ3v) is 4.55. The minimum Gasteiger partial charge on any atom is -0.393 e. The van der Waals surface area contributed by atoms with Crippen LogP contribution < -0.4 is 11.1 Å². The monoisotopic (exact) mass is 311 g/mol. The molecule has 1 aliphatic heterocycles. The molecule has 108 valence electrons. The van der Waals surface area contributed by atoms with Crippen molar-refractivity contribution >= 4 is 40.5 Å². The number of rotatable bonds is 2. The first-order chi connectivity index (χ1) is 9.40. The molecule has 2 amide bonds. The van der Waals surface area contributed by atoms with Crippen LogP contribution in [-0.4, -0.2) is 29.0 Å². The maximum Gasteiger partial charge on any atom is 0.321 e. The number of carbonyl (C=O) groups excluding carboxylic acids is 1. The fourth-order valence-corrected chi connectivity index (χ4v) is 2.61. The number of likely N-dealkylation sites (tertiary alicyclic amines) is 1. The SMILES string of the molecule is CC1(C(N)=S)CCN(C(=O)Nc2cccc(Cl)c2)CC1. The maximum absolute atomic E-state index is 12.2. The number of anilines is 1. The van der Waals surface area contributed by atoms with Crippen molar-refractivity contribution in [2.75, 3.05) is 18.4 Å².